The standard InChI is InChI=1S/C14H9F2N3O2/c15-11-4-2-8(5-12(11)16)21-9-1-3-10(13(17)6-9)14-19-18-7-20-14/h1-7H,17H2. The molecule has 0 fully saturated rings. The van der Waals surface area contributed by atoms with Crippen molar-refractivity contribution in [2.24, 2.45) is 0 Å². The molecule has 0 atom stereocenters. The monoisotopic (exact) mass is 289 g/mol. The minimum Gasteiger partial charge on any atom is -0.457 e. The van der Waals surface area contributed by atoms with E-state index in [1.807, 2.05) is 0 Å². The van der Waals surface area contributed by atoms with Crippen LogP contribution in [-0.2, 0) is 0 Å². The first-order chi connectivity index (χ1) is 10.1. The largest absolute Gasteiger partial charge is 0.457 e. The van der Waals surface area contributed by atoms with Crippen LogP contribution in [0.5, 0.6) is 11.5 Å². The Morgan fingerprint density at radius 2 is 1.76 bits per heavy atom. The second-order valence-corrected chi connectivity index (χ2v) is 4.17. The van der Waals surface area contributed by atoms with E-state index in [1.54, 1.807) is 12.1 Å². The molecule has 0 bridgehead atoms. The van der Waals surface area contributed by atoms with Gasteiger partial charge in [0.05, 0.1) is 5.56 Å². The maximum atomic E-state index is 13.1. The summed E-state index contributed by atoms with van der Waals surface area (Å²) in [6.45, 7) is 0. The van der Waals surface area contributed by atoms with E-state index in [4.69, 9.17) is 14.9 Å². The number of benzene rings is 2. The zero-order valence-corrected chi connectivity index (χ0v) is 10.6. The van der Waals surface area contributed by atoms with Crippen LogP contribution in [0.2, 0.25) is 0 Å². The number of nitrogens with zero attached hydrogens (tertiary/aromatic N) is 2. The fraction of sp³-hybridized carbons (Fsp3) is 0. The molecule has 0 radical (unpaired) electrons. The molecule has 3 aromatic rings. The Hall–Kier alpha value is -2.96. The van der Waals surface area contributed by atoms with Crippen LogP contribution in [0.15, 0.2) is 47.2 Å². The SMILES string of the molecule is Nc1cc(Oc2ccc(F)c(F)c2)ccc1-c1nnco1. The average Bonchev–Trinajstić information content (AvgIpc) is 2.97. The Kier molecular flexibility index (Phi) is 3.23. The van der Waals surface area contributed by atoms with Gasteiger partial charge in [-0.05, 0) is 24.3 Å². The van der Waals surface area contributed by atoms with Crippen molar-refractivity contribution in [2.45, 2.75) is 0 Å². The van der Waals surface area contributed by atoms with Gasteiger partial charge in [-0.2, -0.15) is 0 Å². The van der Waals surface area contributed by atoms with Crippen molar-refractivity contribution < 1.29 is 17.9 Å². The highest BCUT2D eigenvalue weighted by Crippen LogP contribution is 2.30. The molecule has 0 saturated heterocycles. The van der Waals surface area contributed by atoms with Crippen molar-refractivity contribution >= 4 is 5.69 Å². The summed E-state index contributed by atoms with van der Waals surface area (Å²) < 4.78 is 36.4. The number of hydrogen-bond donors (Lipinski definition) is 1. The molecule has 0 spiro atoms. The van der Waals surface area contributed by atoms with Crippen molar-refractivity contribution in [1.29, 1.82) is 0 Å². The van der Waals surface area contributed by atoms with E-state index in [-0.39, 0.29) is 11.6 Å². The van der Waals surface area contributed by atoms with Crippen LogP contribution in [0, 0.1) is 11.6 Å². The number of halogens is 2. The minimum absolute atomic E-state index is 0.166. The third kappa shape index (κ3) is 2.66. The number of aromatic nitrogens is 2. The number of rotatable bonds is 3. The molecule has 1 aromatic heterocycles. The number of anilines is 1. The Balaban J connectivity index is 1.87. The van der Waals surface area contributed by atoms with E-state index in [9.17, 15) is 8.78 Å². The summed E-state index contributed by atoms with van der Waals surface area (Å²) in [5.41, 5.74) is 6.80. The molecule has 2 N–H and O–H groups in total. The molecule has 0 aliphatic carbocycles. The van der Waals surface area contributed by atoms with Gasteiger partial charge in [-0.15, -0.1) is 10.2 Å². The zero-order valence-electron chi connectivity index (χ0n) is 10.6. The highest BCUT2D eigenvalue weighted by atomic mass is 19.2. The van der Waals surface area contributed by atoms with Crippen LogP contribution < -0.4 is 10.5 Å². The van der Waals surface area contributed by atoms with Crippen molar-refractivity contribution in [3.63, 3.8) is 0 Å². The Bertz CT molecular complexity index is 776. The fourth-order valence-corrected chi connectivity index (χ4v) is 1.77. The summed E-state index contributed by atoms with van der Waals surface area (Å²) in [6.07, 6.45) is 1.19. The van der Waals surface area contributed by atoms with Gasteiger partial charge in [-0.1, -0.05) is 0 Å². The van der Waals surface area contributed by atoms with Gasteiger partial charge in [0.2, 0.25) is 12.3 Å². The van der Waals surface area contributed by atoms with Crippen LogP contribution >= 0.6 is 0 Å². The number of nitrogens with two attached hydrogens (primary N) is 1. The summed E-state index contributed by atoms with van der Waals surface area (Å²) in [5, 5.41) is 7.32. The van der Waals surface area contributed by atoms with Gasteiger partial charge in [0.25, 0.3) is 0 Å². The van der Waals surface area contributed by atoms with Crippen molar-refractivity contribution in [1.82, 2.24) is 10.2 Å². The second kappa shape index (κ2) is 5.20. The molecule has 0 aliphatic rings. The van der Waals surface area contributed by atoms with Gasteiger partial charge in [0, 0.05) is 17.8 Å². The molecule has 0 saturated carbocycles. The summed E-state index contributed by atoms with van der Waals surface area (Å²) in [4.78, 5) is 0. The fourth-order valence-electron chi connectivity index (χ4n) is 1.77. The van der Waals surface area contributed by atoms with Gasteiger partial charge in [-0.3, -0.25) is 0 Å². The van der Waals surface area contributed by atoms with Gasteiger partial charge in [0.1, 0.15) is 11.5 Å². The summed E-state index contributed by atoms with van der Waals surface area (Å²) in [6, 6.07) is 8.04. The van der Waals surface area contributed by atoms with Crippen LogP contribution in [0.4, 0.5) is 14.5 Å². The van der Waals surface area contributed by atoms with Gasteiger partial charge >= 0.3 is 0 Å². The summed E-state index contributed by atoms with van der Waals surface area (Å²) >= 11 is 0. The molecule has 0 unspecified atom stereocenters. The summed E-state index contributed by atoms with van der Waals surface area (Å²) in [5.74, 6) is -1.09. The normalized spacial score (nSPS) is 10.6. The molecule has 0 amide bonds. The third-order valence-electron chi connectivity index (χ3n) is 2.74. The maximum absolute atomic E-state index is 13.1. The minimum atomic E-state index is -0.983. The lowest BCUT2D eigenvalue weighted by Crippen LogP contribution is -1.93. The smallest absolute Gasteiger partial charge is 0.249 e. The van der Waals surface area contributed by atoms with Gasteiger partial charge < -0.3 is 14.9 Å². The van der Waals surface area contributed by atoms with E-state index < -0.39 is 11.6 Å². The molecule has 3 rings (SSSR count). The Morgan fingerprint density at radius 1 is 1.00 bits per heavy atom. The van der Waals surface area contributed by atoms with Crippen molar-refractivity contribution in [2.75, 3.05) is 5.73 Å². The van der Waals surface area contributed by atoms with Crippen molar-refractivity contribution in [3.05, 3.63) is 54.4 Å². The lowest BCUT2D eigenvalue weighted by molar-refractivity contribution is 0.462. The van der Waals surface area contributed by atoms with Crippen molar-refractivity contribution in [3.8, 4) is 23.0 Å². The molecule has 21 heavy (non-hydrogen) atoms. The highest BCUT2D eigenvalue weighted by molar-refractivity contribution is 5.71. The number of ether oxygens (including phenoxy) is 1. The first-order valence-corrected chi connectivity index (χ1v) is 5.92. The topological polar surface area (TPSA) is 74.2 Å². The number of hydrogen-bond acceptors (Lipinski definition) is 5. The van der Waals surface area contributed by atoms with Gasteiger partial charge in [-0.25, -0.2) is 8.78 Å². The zero-order chi connectivity index (χ0) is 14.8. The third-order valence-corrected chi connectivity index (χ3v) is 2.74. The first kappa shape index (κ1) is 13.0. The second-order valence-electron chi connectivity index (χ2n) is 4.17. The lowest BCUT2D eigenvalue weighted by Gasteiger charge is -2.08. The first-order valence-electron chi connectivity index (χ1n) is 5.92. The van der Waals surface area contributed by atoms with E-state index >= 15 is 0 Å². The quantitative estimate of drug-likeness (QED) is 0.748. The average molecular weight is 289 g/mol. The van der Waals surface area contributed by atoms with E-state index in [0.717, 1.165) is 12.1 Å². The molecule has 106 valence electrons. The highest BCUT2D eigenvalue weighted by Gasteiger charge is 2.10. The van der Waals surface area contributed by atoms with Crippen LogP contribution in [0.25, 0.3) is 11.5 Å². The molecule has 5 nitrogen and oxygen atoms in total. The maximum Gasteiger partial charge on any atom is 0.249 e. The Labute approximate surface area is 118 Å². The molecule has 1 heterocycles. The van der Waals surface area contributed by atoms with E-state index in [1.165, 1.54) is 18.5 Å². The molecule has 7 heteroatoms. The van der Waals surface area contributed by atoms with Crippen LogP contribution in [0.3, 0.4) is 0 Å². The molecule has 0 aliphatic heterocycles. The Morgan fingerprint density at radius 3 is 2.43 bits per heavy atom. The predicted molar refractivity (Wildman–Crippen MR) is 70.6 cm³/mol. The van der Waals surface area contributed by atoms with E-state index in [2.05, 4.69) is 10.2 Å². The summed E-state index contributed by atoms with van der Waals surface area (Å²) in [7, 11) is 0. The predicted octanol–water partition coefficient (Wildman–Crippen LogP) is 3.39. The molecule has 2 aromatic carbocycles. The van der Waals surface area contributed by atoms with Crippen LogP contribution in [0.1, 0.15) is 0 Å². The lowest BCUT2D eigenvalue weighted by atomic mass is 10.1. The van der Waals surface area contributed by atoms with Crippen LogP contribution in [-0.4, -0.2) is 10.2 Å². The molecular formula is C14H9F2N3O2. The van der Waals surface area contributed by atoms with Gasteiger partial charge in [0.15, 0.2) is 11.6 Å². The number of nitrogen functional groups attached to an aromatic ring is 1. The van der Waals surface area contributed by atoms with E-state index in [0.29, 0.717) is 17.0 Å². The molecular weight excluding hydrogens is 280 g/mol.